The molecule has 27 heavy (non-hydrogen) atoms. The molecule has 2 amide bonds. The summed E-state index contributed by atoms with van der Waals surface area (Å²) in [6.07, 6.45) is 0. The third kappa shape index (κ3) is 4.29. The fourth-order valence-electron chi connectivity index (χ4n) is 2.86. The molecule has 0 radical (unpaired) electrons. The number of para-hydroxylation sites is 2. The predicted octanol–water partition coefficient (Wildman–Crippen LogP) is 3.76. The van der Waals surface area contributed by atoms with Crippen LogP contribution in [0.4, 0.5) is 5.95 Å². The number of benzene rings is 2. The van der Waals surface area contributed by atoms with E-state index in [-0.39, 0.29) is 23.9 Å². The van der Waals surface area contributed by atoms with E-state index in [9.17, 15) is 9.59 Å². The van der Waals surface area contributed by atoms with Gasteiger partial charge in [-0.25, -0.2) is 4.98 Å². The first kappa shape index (κ1) is 19.3. The highest BCUT2D eigenvalue weighted by molar-refractivity contribution is 14.1. The molecule has 2 N–H and O–H groups in total. The topological polar surface area (TPSA) is 76.0 Å². The molecule has 3 rings (SSSR count). The van der Waals surface area contributed by atoms with E-state index in [4.69, 9.17) is 0 Å². The number of fused-ring (bicyclic) bond motifs is 1. The van der Waals surface area contributed by atoms with Crippen molar-refractivity contribution in [3.63, 3.8) is 0 Å². The number of anilines is 1. The normalized spacial score (nSPS) is 11.4. The summed E-state index contributed by atoms with van der Waals surface area (Å²) in [5, 5.41) is 5.48. The van der Waals surface area contributed by atoms with Crippen LogP contribution in [0.3, 0.4) is 0 Å². The van der Waals surface area contributed by atoms with Gasteiger partial charge in [0.1, 0.15) is 0 Å². The number of halogens is 1. The van der Waals surface area contributed by atoms with Gasteiger partial charge in [0.25, 0.3) is 5.91 Å². The molecule has 1 heterocycles. The number of hydrogen-bond donors (Lipinski definition) is 2. The standard InChI is InChI=1S/C20H21IN4O2/c1-20(2,3)25-16-11-7-6-10-15(16)23-19(25)24-17(26)12-22-18(27)13-8-4-5-9-14(13)21/h4-11H,12H2,1-3H3,(H,22,27)(H,23,24,26). The lowest BCUT2D eigenvalue weighted by molar-refractivity contribution is -0.115. The third-order valence-electron chi connectivity index (χ3n) is 4.01. The van der Waals surface area contributed by atoms with E-state index in [0.717, 1.165) is 14.6 Å². The van der Waals surface area contributed by atoms with Gasteiger partial charge in [-0.15, -0.1) is 0 Å². The quantitative estimate of drug-likeness (QED) is 0.564. The zero-order valence-corrected chi connectivity index (χ0v) is 17.6. The van der Waals surface area contributed by atoms with Gasteiger partial charge < -0.3 is 9.88 Å². The number of hydrogen-bond acceptors (Lipinski definition) is 3. The second-order valence-corrected chi connectivity index (χ2v) is 8.30. The molecule has 7 heteroatoms. The average molecular weight is 476 g/mol. The molecule has 0 fully saturated rings. The molecular formula is C20H21IN4O2. The minimum absolute atomic E-state index is 0.128. The van der Waals surface area contributed by atoms with Crippen molar-refractivity contribution in [2.24, 2.45) is 0 Å². The van der Waals surface area contributed by atoms with Crippen molar-refractivity contribution in [1.29, 1.82) is 0 Å². The van der Waals surface area contributed by atoms with Gasteiger partial charge in [-0.2, -0.15) is 0 Å². The van der Waals surface area contributed by atoms with Gasteiger partial charge in [0, 0.05) is 9.11 Å². The minimum atomic E-state index is -0.324. The van der Waals surface area contributed by atoms with Crippen LogP contribution in [0.25, 0.3) is 11.0 Å². The van der Waals surface area contributed by atoms with Crippen LogP contribution in [-0.2, 0) is 10.3 Å². The average Bonchev–Trinajstić information content (AvgIpc) is 2.98. The molecule has 0 aliphatic heterocycles. The Balaban J connectivity index is 1.75. The van der Waals surface area contributed by atoms with Crippen LogP contribution in [0.1, 0.15) is 31.1 Å². The van der Waals surface area contributed by atoms with Crippen molar-refractivity contribution < 1.29 is 9.59 Å². The molecule has 140 valence electrons. The highest BCUT2D eigenvalue weighted by Crippen LogP contribution is 2.27. The number of carbonyl (C=O) groups excluding carboxylic acids is 2. The predicted molar refractivity (Wildman–Crippen MR) is 115 cm³/mol. The van der Waals surface area contributed by atoms with E-state index in [1.165, 1.54) is 0 Å². The van der Waals surface area contributed by atoms with Gasteiger partial charge in [-0.05, 0) is 67.6 Å². The number of amides is 2. The molecule has 0 spiro atoms. The summed E-state index contributed by atoms with van der Waals surface area (Å²) < 4.78 is 2.82. The highest BCUT2D eigenvalue weighted by atomic mass is 127. The first-order valence-electron chi connectivity index (χ1n) is 8.58. The number of nitrogens with one attached hydrogen (secondary N) is 2. The number of rotatable bonds is 4. The lowest BCUT2D eigenvalue weighted by Gasteiger charge is -2.24. The molecule has 0 saturated carbocycles. The second kappa shape index (κ2) is 7.67. The lowest BCUT2D eigenvalue weighted by atomic mass is 10.1. The van der Waals surface area contributed by atoms with E-state index < -0.39 is 0 Å². The van der Waals surface area contributed by atoms with Gasteiger partial charge in [-0.1, -0.05) is 24.3 Å². The maximum atomic E-state index is 12.4. The molecule has 6 nitrogen and oxygen atoms in total. The molecule has 0 aliphatic rings. The first-order valence-corrected chi connectivity index (χ1v) is 9.66. The van der Waals surface area contributed by atoms with Crippen molar-refractivity contribution in [2.75, 3.05) is 11.9 Å². The van der Waals surface area contributed by atoms with E-state index in [2.05, 4.69) is 59.0 Å². The molecule has 0 bridgehead atoms. The van der Waals surface area contributed by atoms with Crippen LogP contribution < -0.4 is 10.6 Å². The molecule has 2 aromatic carbocycles. The Morgan fingerprint density at radius 2 is 1.74 bits per heavy atom. The smallest absolute Gasteiger partial charge is 0.252 e. The first-order chi connectivity index (χ1) is 12.8. The Hall–Kier alpha value is -2.42. The molecule has 0 unspecified atom stereocenters. The van der Waals surface area contributed by atoms with Gasteiger partial charge in [0.2, 0.25) is 11.9 Å². The number of imidazole rings is 1. The lowest BCUT2D eigenvalue weighted by Crippen LogP contribution is -2.34. The minimum Gasteiger partial charge on any atom is -0.343 e. The second-order valence-electron chi connectivity index (χ2n) is 7.14. The van der Waals surface area contributed by atoms with Crippen LogP contribution in [0.15, 0.2) is 48.5 Å². The maximum Gasteiger partial charge on any atom is 0.252 e. The van der Waals surface area contributed by atoms with Crippen LogP contribution in [0.5, 0.6) is 0 Å². The number of aromatic nitrogens is 2. The molecule has 1 aromatic heterocycles. The van der Waals surface area contributed by atoms with E-state index in [0.29, 0.717) is 11.5 Å². The Morgan fingerprint density at radius 3 is 2.44 bits per heavy atom. The van der Waals surface area contributed by atoms with E-state index in [1.54, 1.807) is 12.1 Å². The Bertz CT molecular complexity index is 1000. The summed E-state index contributed by atoms with van der Waals surface area (Å²) in [4.78, 5) is 29.2. The summed E-state index contributed by atoms with van der Waals surface area (Å²) in [7, 11) is 0. The maximum absolute atomic E-state index is 12.4. The Labute approximate surface area is 171 Å². The Morgan fingerprint density at radius 1 is 1.07 bits per heavy atom. The SMILES string of the molecule is CC(C)(C)n1c(NC(=O)CNC(=O)c2ccccc2I)nc2ccccc21. The van der Waals surface area contributed by atoms with Crippen molar-refractivity contribution >= 4 is 51.4 Å². The number of carbonyl (C=O) groups is 2. The van der Waals surface area contributed by atoms with Gasteiger partial charge in [0.15, 0.2) is 0 Å². The van der Waals surface area contributed by atoms with Gasteiger partial charge >= 0.3 is 0 Å². The summed E-state index contributed by atoms with van der Waals surface area (Å²) in [6, 6.07) is 15.0. The molecule has 0 aliphatic carbocycles. The zero-order chi connectivity index (χ0) is 19.6. The van der Waals surface area contributed by atoms with Crippen molar-refractivity contribution in [1.82, 2.24) is 14.9 Å². The third-order valence-corrected chi connectivity index (χ3v) is 4.95. The molecular weight excluding hydrogens is 455 g/mol. The van der Waals surface area contributed by atoms with Crippen LogP contribution in [0, 0.1) is 3.57 Å². The van der Waals surface area contributed by atoms with Crippen molar-refractivity contribution in [3.8, 4) is 0 Å². The summed E-state index contributed by atoms with van der Waals surface area (Å²) >= 11 is 2.10. The van der Waals surface area contributed by atoms with Gasteiger partial charge in [0.05, 0.1) is 23.1 Å². The molecule has 0 saturated heterocycles. The zero-order valence-electron chi connectivity index (χ0n) is 15.4. The fourth-order valence-corrected chi connectivity index (χ4v) is 3.49. The van der Waals surface area contributed by atoms with Crippen LogP contribution in [0.2, 0.25) is 0 Å². The van der Waals surface area contributed by atoms with Crippen LogP contribution >= 0.6 is 22.6 Å². The van der Waals surface area contributed by atoms with E-state index in [1.807, 2.05) is 41.0 Å². The molecule has 0 atom stereocenters. The molecule has 3 aromatic rings. The summed E-state index contributed by atoms with van der Waals surface area (Å²) in [5.41, 5.74) is 2.05. The van der Waals surface area contributed by atoms with Crippen LogP contribution in [-0.4, -0.2) is 27.9 Å². The summed E-state index contributed by atoms with van der Waals surface area (Å²) in [6.45, 7) is 6.03. The van der Waals surface area contributed by atoms with Crippen molar-refractivity contribution in [3.05, 3.63) is 57.7 Å². The van der Waals surface area contributed by atoms with Crippen molar-refractivity contribution in [2.45, 2.75) is 26.3 Å². The monoisotopic (exact) mass is 476 g/mol. The summed E-state index contributed by atoms with van der Waals surface area (Å²) in [5.74, 6) is -0.133. The highest BCUT2D eigenvalue weighted by Gasteiger charge is 2.22. The fraction of sp³-hybridized carbons (Fsp3) is 0.250. The largest absolute Gasteiger partial charge is 0.343 e. The number of nitrogens with zero attached hydrogens (tertiary/aromatic N) is 2. The van der Waals surface area contributed by atoms with Gasteiger partial charge in [-0.3, -0.25) is 14.9 Å². The Kier molecular flexibility index (Phi) is 5.50. The van der Waals surface area contributed by atoms with E-state index >= 15 is 0 Å².